The largest absolute Gasteiger partial charge is 0.334 e. The number of alkyl halides is 1. The SMILES string of the molecule is Cn1cncc1[C@@](F)(c1ccc(Cl)cc1)c1cnc2c(c1)c(-c1cccc(Cl)c1)cc(=O)n2C. The summed E-state index contributed by atoms with van der Waals surface area (Å²) in [4.78, 5) is 21.3. The fourth-order valence-electron chi connectivity index (χ4n) is 4.24. The quantitative estimate of drug-likeness (QED) is 0.313. The van der Waals surface area contributed by atoms with E-state index in [9.17, 15) is 4.79 Å². The minimum absolute atomic E-state index is 0.224. The first kappa shape index (κ1) is 22.3. The second-order valence-electron chi connectivity index (χ2n) is 8.12. The van der Waals surface area contributed by atoms with Gasteiger partial charge in [0.1, 0.15) is 5.65 Å². The Morgan fingerprint density at radius 1 is 0.912 bits per heavy atom. The van der Waals surface area contributed by atoms with Crippen LogP contribution in [-0.4, -0.2) is 19.1 Å². The van der Waals surface area contributed by atoms with Gasteiger partial charge in [-0.05, 0) is 47.0 Å². The van der Waals surface area contributed by atoms with Gasteiger partial charge in [-0.15, -0.1) is 0 Å². The molecule has 170 valence electrons. The first-order valence-corrected chi connectivity index (χ1v) is 11.2. The summed E-state index contributed by atoms with van der Waals surface area (Å²) >= 11 is 12.3. The molecule has 34 heavy (non-hydrogen) atoms. The molecule has 0 spiro atoms. The van der Waals surface area contributed by atoms with Crippen LogP contribution in [0.4, 0.5) is 4.39 Å². The molecule has 0 saturated carbocycles. The fraction of sp³-hybridized carbons (Fsp3) is 0.115. The Morgan fingerprint density at radius 2 is 1.68 bits per heavy atom. The van der Waals surface area contributed by atoms with E-state index in [0.717, 1.165) is 5.56 Å². The minimum atomic E-state index is -2.07. The van der Waals surface area contributed by atoms with Crippen LogP contribution in [0.1, 0.15) is 16.8 Å². The maximum Gasteiger partial charge on any atom is 0.252 e. The third-order valence-corrected chi connectivity index (χ3v) is 6.51. The van der Waals surface area contributed by atoms with Crippen LogP contribution in [0, 0.1) is 0 Å². The summed E-state index contributed by atoms with van der Waals surface area (Å²) in [6.45, 7) is 0. The summed E-state index contributed by atoms with van der Waals surface area (Å²) in [6.07, 6.45) is 4.51. The van der Waals surface area contributed by atoms with Crippen molar-refractivity contribution in [2.75, 3.05) is 0 Å². The van der Waals surface area contributed by atoms with E-state index in [1.807, 2.05) is 6.07 Å². The molecule has 0 amide bonds. The van der Waals surface area contributed by atoms with Crippen LogP contribution in [0.5, 0.6) is 0 Å². The molecule has 0 bridgehead atoms. The van der Waals surface area contributed by atoms with E-state index >= 15 is 4.39 Å². The van der Waals surface area contributed by atoms with Gasteiger partial charge in [0.15, 0.2) is 0 Å². The molecule has 5 aromatic rings. The number of benzene rings is 2. The average Bonchev–Trinajstić information content (AvgIpc) is 3.27. The number of hydrogen-bond acceptors (Lipinski definition) is 3. The van der Waals surface area contributed by atoms with Gasteiger partial charge < -0.3 is 4.57 Å². The molecule has 0 radical (unpaired) electrons. The topological polar surface area (TPSA) is 52.7 Å². The monoisotopic (exact) mass is 492 g/mol. The molecule has 3 aromatic heterocycles. The molecule has 5 rings (SSSR count). The highest BCUT2D eigenvalue weighted by atomic mass is 35.5. The number of pyridine rings is 2. The van der Waals surface area contributed by atoms with Crippen molar-refractivity contribution in [1.82, 2.24) is 19.1 Å². The average molecular weight is 493 g/mol. The molecule has 0 aliphatic rings. The molecule has 0 saturated heterocycles. The van der Waals surface area contributed by atoms with Crippen LogP contribution in [0.2, 0.25) is 10.0 Å². The number of aromatic nitrogens is 4. The van der Waals surface area contributed by atoms with Gasteiger partial charge in [0, 0.05) is 47.4 Å². The van der Waals surface area contributed by atoms with Crippen LogP contribution in [-0.2, 0) is 19.8 Å². The number of hydrogen-bond donors (Lipinski definition) is 0. The lowest BCUT2D eigenvalue weighted by Crippen LogP contribution is -2.27. The molecule has 0 aliphatic heterocycles. The highest BCUT2D eigenvalue weighted by Crippen LogP contribution is 2.42. The van der Waals surface area contributed by atoms with Gasteiger partial charge in [-0.2, -0.15) is 0 Å². The van der Waals surface area contributed by atoms with Gasteiger partial charge in [0.2, 0.25) is 5.67 Å². The van der Waals surface area contributed by atoms with E-state index in [2.05, 4.69) is 9.97 Å². The minimum Gasteiger partial charge on any atom is -0.334 e. The third-order valence-electron chi connectivity index (χ3n) is 6.02. The normalized spacial score (nSPS) is 13.2. The maximum absolute atomic E-state index is 17.3. The number of fused-ring (bicyclic) bond motifs is 1. The zero-order valence-corrected chi connectivity index (χ0v) is 19.8. The van der Waals surface area contributed by atoms with Crippen molar-refractivity contribution in [3.8, 4) is 11.1 Å². The number of imidazole rings is 1. The highest BCUT2D eigenvalue weighted by Gasteiger charge is 2.40. The molecular formula is C26H19Cl2FN4O. The number of aryl methyl sites for hydroxylation is 2. The number of nitrogens with zero attached hydrogens (tertiary/aromatic N) is 4. The lowest BCUT2D eigenvalue weighted by Gasteiger charge is -2.27. The lowest BCUT2D eigenvalue weighted by atomic mass is 9.85. The van der Waals surface area contributed by atoms with E-state index in [1.165, 1.54) is 23.0 Å². The predicted molar refractivity (Wildman–Crippen MR) is 133 cm³/mol. The molecule has 0 N–H and O–H groups in total. The third kappa shape index (κ3) is 3.59. The van der Waals surface area contributed by atoms with Gasteiger partial charge in [0.25, 0.3) is 5.56 Å². The molecule has 0 aliphatic carbocycles. The highest BCUT2D eigenvalue weighted by molar-refractivity contribution is 6.31. The van der Waals surface area contributed by atoms with Crippen molar-refractivity contribution in [2.45, 2.75) is 5.67 Å². The van der Waals surface area contributed by atoms with Crippen molar-refractivity contribution >= 4 is 34.2 Å². The standard InChI is InChI=1S/C26H19Cl2FN4O/c1-32-15-30-14-23(32)26(29,17-6-8-19(27)9-7-17)18-11-22-21(16-4-3-5-20(28)10-16)12-24(34)33(2)25(22)31-13-18/h3-15H,1-2H3/t26-/m1/s1. The second-order valence-corrected chi connectivity index (χ2v) is 8.99. The summed E-state index contributed by atoms with van der Waals surface area (Å²) in [5.41, 5.74) is 0.531. The molecule has 2 aromatic carbocycles. The predicted octanol–water partition coefficient (Wildman–Crippen LogP) is 5.90. The van der Waals surface area contributed by atoms with Crippen LogP contribution in [0.25, 0.3) is 22.2 Å². The molecule has 0 fully saturated rings. The number of rotatable bonds is 4. The Kier molecular flexibility index (Phi) is 5.50. The Morgan fingerprint density at radius 3 is 2.35 bits per heavy atom. The van der Waals surface area contributed by atoms with Gasteiger partial charge in [0.05, 0.1) is 18.2 Å². The van der Waals surface area contributed by atoms with E-state index in [0.29, 0.717) is 43.5 Å². The number of halogens is 3. The van der Waals surface area contributed by atoms with Crippen molar-refractivity contribution < 1.29 is 4.39 Å². The zero-order chi connectivity index (χ0) is 24.0. The van der Waals surface area contributed by atoms with Gasteiger partial charge in [-0.25, -0.2) is 14.4 Å². The van der Waals surface area contributed by atoms with Crippen molar-refractivity contribution in [2.24, 2.45) is 14.1 Å². The molecule has 1 atom stereocenters. The van der Waals surface area contributed by atoms with E-state index in [1.54, 1.807) is 73.5 Å². The maximum atomic E-state index is 17.3. The van der Waals surface area contributed by atoms with E-state index in [-0.39, 0.29) is 5.56 Å². The summed E-state index contributed by atoms with van der Waals surface area (Å²) in [7, 11) is 3.38. The van der Waals surface area contributed by atoms with E-state index < -0.39 is 5.67 Å². The van der Waals surface area contributed by atoms with Gasteiger partial charge in [-0.3, -0.25) is 9.36 Å². The molecule has 8 heteroatoms. The van der Waals surface area contributed by atoms with Crippen molar-refractivity contribution in [3.05, 3.63) is 117 Å². The molecular weight excluding hydrogens is 474 g/mol. The summed E-state index contributed by atoms with van der Waals surface area (Å²) < 4.78 is 20.4. The lowest BCUT2D eigenvalue weighted by molar-refractivity contribution is 0.266. The summed E-state index contributed by atoms with van der Waals surface area (Å²) in [5.74, 6) is 0. The zero-order valence-electron chi connectivity index (χ0n) is 18.3. The first-order chi connectivity index (χ1) is 16.3. The molecule has 0 unspecified atom stereocenters. The Balaban J connectivity index is 1.84. The second kappa shape index (κ2) is 8.38. The fourth-order valence-corrected chi connectivity index (χ4v) is 4.56. The summed E-state index contributed by atoms with van der Waals surface area (Å²) in [6, 6.07) is 17.0. The first-order valence-electron chi connectivity index (χ1n) is 10.5. The van der Waals surface area contributed by atoms with Gasteiger partial charge >= 0.3 is 0 Å². The van der Waals surface area contributed by atoms with Crippen LogP contribution in [0.3, 0.4) is 0 Å². The van der Waals surface area contributed by atoms with Crippen molar-refractivity contribution in [1.29, 1.82) is 0 Å². The summed E-state index contributed by atoms with van der Waals surface area (Å²) in [5, 5.41) is 1.66. The molecule has 5 nitrogen and oxygen atoms in total. The van der Waals surface area contributed by atoms with Crippen LogP contribution >= 0.6 is 23.2 Å². The van der Waals surface area contributed by atoms with E-state index in [4.69, 9.17) is 23.2 Å². The smallest absolute Gasteiger partial charge is 0.252 e. The Labute approximate surface area is 205 Å². The Bertz CT molecular complexity index is 1590. The van der Waals surface area contributed by atoms with Gasteiger partial charge in [-0.1, -0.05) is 47.5 Å². The Hall–Kier alpha value is -3.48. The van der Waals surface area contributed by atoms with Crippen LogP contribution in [0.15, 0.2) is 84.2 Å². The molecule has 3 heterocycles. The van der Waals surface area contributed by atoms with Crippen LogP contribution < -0.4 is 5.56 Å². The van der Waals surface area contributed by atoms with Crippen molar-refractivity contribution in [3.63, 3.8) is 0 Å².